The van der Waals surface area contributed by atoms with E-state index in [9.17, 15) is 13.6 Å². The highest BCUT2D eigenvalue weighted by atomic mass is 19.1. The third-order valence-electron chi connectivity index (χ3n) is 3.18. The summed E-state index contributed by atoms with van der Waals surface area (Å²) in [5, 5.41) is 0. The number of ether oxygens (including phenoxy) is 2. The van der Waals surface area contributed by atoms with Gasteiger partial charge in [0.1, 0.15) is 5.76 Å². The summed E-state index contributed by atoms with van der Waals surface area (Å²) in [6.07, 6.45) is 8.36. The van der Waals surface area contributed by atoms with Crippen LogP contribution < -0.4 is 4.74 Å². The fourth-order valence-electron chi connectivity index (χ4n) is 2.10. The van der Waals surface area contributed by atoms with Crippen molar-refractivity contribution < 1.29 is 23.0 Å². The van der Waals surface area contributed by atoms with Crippen LogP contribution in [0.25, 0.3) is 6.08 Å². The monoisotopic (exact) mass is 320 g/mol. The zero-order valence-corrected chi connectivity index (χ0v) is 13.1. The van der Waals surface area contributed by atoms with Gasteiger partial charge in [0, 0.05) is 5.57 Å². The zero-order valence-electron chi connectivity index (χ0n) is 13.1. The highest BCUT2D eigenvalue weighted by Gasteiger charge is 2.15. The smallest absolute Gasteiger partial charge is 0.333 e. The van der Waals surface area contributed by atoms with Gasteiger partial charge in [-0.25, -0.2) is 13.6 Å². The fraction of sp³-hybridized carbons (Fsp3) is 0.278. The maximum atomic E-state index is 14.1. The van der Waals surface area contributed by atoms with Crippen molar-refractivity contribution in [3.63, 3.8) is 0 Å². The quantitative estimate of drug-likeness (QED) is 0.590. The molecule has 0 saturated heterocycles. The normalized spacial score (nSPS) is 14.4. The first-order valence-corrected chi connectivity index (χ1v) is 7.40. The highest BCUT2D eigenvalue weighted by molar-refractivity contribution is 5.93. The highest BCUT2D eigenvalue weighted by Crippen LogP contribution is 2.27. The summed E-state index contributed by atoms with van der Waals surface area (Å²) < 4.78 is 38.3. The van der Waals surface area contributed by atoms with E-state index in [2.05, 4.69) is 0 Å². The van der Waals surface area contributed by atoms with Crippen LogP contribution in [0.4, 0.5) is 8.78 Å². The number of hydrogen-bond donors (Lipinski definition) is 0. The molecule has 122 valence electrons. The lowest BCUT2D eigenvalue weighted by atomic mass is 10.1. The van der Waals surface area contributed by atoms with Gasteiger partial charge in [-0.15, -0.1) is 0 Å². The fourth-order valence-corrected chi connectivity index (χ4v) is 2.10. The minimum atomic E-state index is -0.826. The maximum absolute atomic E-state index is 14.1. The van der Waals surface area contributed by atoms with Gasteiger partial charge in [-0.05, 0) is 62.6 Å². The van der Waals surface area contributed by atoms with Gasteiger partial charge in [0.05, 0.1) is 6.61 Å². The summed E-state index contributed by atoms with van der Waals surface area (Å²) in [7, 11) is 0. The van der Waals surface area contributed by atoms with E-state index in [0.717, 1.165) is 25.0 Å². The van der Waals surface area contributed by atoms with Gasteiger partial charge in [-0.3, -0.25) is 0 Å². The molecule has 2 rings (SSSR count). The van der Waals surface area contributed by atoms with Crippen molar-refractivity contribution >= 4 is 12.0 Å². The molecule has 0 atom stereocenters. The van der Waals surface area contributed by atoms with Crippen LogP contribution in [0.1, 0.15) is 32.3 Å². The Bertz CT molecular complexity index is 665. The van der Waals surface area contributed by atoms with Gasteiger partial charge in [0.2, 0.25) is 0 Å². The molecule has 23 heavy (non-hydrogen) atoms. The molecule has 0 spiro atoms. The van der Waals surface area contributed by atoms with E-state index in [-0.39, 0.29) is 17.7 Å². The van der Waals surface area contributed by atoms with Crippen LogP contribution in [0, 0.1) is 11.6 Å². The number of rotatable bonds is 5. The van der Waals surface area contributed by atoms with Crippen molar-refractivity contribution in [3.05, 3.63) is 58.9 Å². The molecule has 5 heteroatoms. The van der Waals surface area contributed by atoms with Gasteiger partial charge < -0.3 is 9.47 Å². The third kappa shape index (κ3) is 4.52. The molecule has 0 unspecified atom stereocenters. The van der Waals surface area contributed by atoms with E-state index in [1.54, 1.807) is 19.1 Å². The van der Waals surface area contributed by atoms with Gasteiger partial charge >= 0.3 is 5.97 Å². The Hall–Kier alpha value is -2.43. The molecule has 0 saturated carbocycles. The van der Waals surface area contributed by atoms with E-state index >= 15 is 0 Å². The topological polar surface area (TPSA) is 35.5 Å². The van der Waals surface area contributed by atoms with Crippen LogP contribution in [0.3, 0.4) is 0 Å². The van der Waals surface area contributed by atoms with Crippen LogP contribution in [-0.4, -0.2) is 12.6 Å². The number of hydrogen-bond acceptors (Lipinski definition) is 3. The molecule has 0 radical (unpaired) electrons. The van der Waals surface area contributed by atoms with Gasteiger partial charge in [-0.1, -0.05) is 6.08 Å². The molecule has 0 fully saturated rings. The Labute approximate surface area is 133 Å². The van der Waals surface area contributed by atoms with Crippen molar-refractivity contribution in [1.82, 2.24) is 0 Å². The molecule has 0 amide bonds. The number of carbonyl (C=O) groups is 1. The lowest BCUT2D eigenvalue weighted by Gasteiger charge is -2.11. The van der Waals surface area contributed by atoms with Crippen molar-refractivity contribution in [2.75, 3.05) is 6.61 Å². The molecular formula is C18H18F2O3. The van der Waals surface area contributed by atoms with E-state index in [1.807, 2.05) is 6.08 Å². The SMILES string of the molecule is CCOC(=O)/C(C)=C/c1cc(F)c(OC2=CCCC=C2)c(F)c1. The first-order valence-electron chi connectivity index (χ1n) is 7.40. The molecule has 0 aromatic heterocycles. The summed E-state index contributed by atoms with van der Waals surface area (Å²) in [5.74, 6) is -2.21. The predicted octanol–water partition coefficient (Wildman–Crippen LogP) is 4.54. The zero-order chi connectivity index (χ0) is 16.8. The first kappa shape index (κ1) is 16.9. The Morgan fingerprint density at radius 2 is 1.96 bits per heavy atom. The number of allylic oxidation sites excluding steroid dienone is 3. The van der Waals surface area contributed by atoms with Crippen LogP contribution in [0.15, 0.2) is 41.7 Å². The van der Waals surface area contributed by atoms with E-state index in [1.165, 1.54) is 13.0 Å². The number of esters is 1. The van der Waals surface area contributed by atoms with E-state index < -0.39 is 23.4 Å². The van der Waals surface area contributed by atoms with Crippen LogP contribution >= 0.6 is 0 Å². The Balaban J connectivity index is 2.23. The van der Waals surface area contributed by atoms with Gasteiger partial charge in [-0.2, -0.15) is 0 Å². The summed E-state index contributed by atoms with van der Waals surface area (Å²) in [6, 6.07) is 2.24. The molecule has 0 aliphatic heterocycles. The van der Waals surface area contributed by atoms with E-state index in [0.29, 0.717) is 5.76 Å². The summed E-state index contributed by atoms with van der Waals surface area (Å²) in [5.41, 5.74) is 0.489. The average molecular weight is 320 g/mol. The summed E-state index contributed by atoms with van der Waals surface area (Å²) in [4.78, 5) is 11.5. The molecule has 1 aliphatic rings. The van der Waals surface area contributed by atoms with Crippen molar-refractivity contribution in [2.24, 2.45) is 0 Å². The molecule has 0 heterocycles. The number of benzene rings is 1. The van der Waals surface area contributed by atoms with Crippen molar-refractivity contribution in [3.8, 4) is 5.75 Å². The molecule has 1 aromatic rings. The minimum absolute atomic E-state index is 0.228. The Kier molecular flexibility index (Phi) is 5.68. The second kappa shape index (κ2) is 7.72. The van der Waals surface area contributed by atoms with Gasteiger partial charge in [0.25, 0.3) is 0 Å². The molecular weight excluding hydrogens is 302 g/mol. The second-order valence-electron chi connectivity index (χ2n) is 5.05. The first-order chi connectivity index (χ1) is 11.0. The van der Waals surface area contributed by atoms with Crippen molar-refractivity contribution in [1.29, 1.82) is 0 Å². The molecule has 1 aromatic carbocycles. The summed E-state index contributed by atoms with van der Waals surface area (Å²) >= 11 is 0. The second-order valence-corrected chi connectivity index (χ2v) is 5.05. The molecule has 1 aliphatic carbocycles. The predicted molar refractivity (Wildman–Crippen MR) is 83.7 cm³/mol. The number of carbonyl (C=O) groups excluding carboxylic acids is 1. The Morgan fingerprint density at radius 3 is 2.52 bits per heavy atom. The Morgan fingerprint density at radius 1 is 1.26 bits per heavy atom. The number of halogens is 2. The minimum Gasteiger partial charge on any atom is -0.463 e. The van der Waals surface area contributed by atoms with Crippen LogP contribution in [0.5, 0.6) is 5.75 Å². The maximum Gasteiger partial charge on any atom is 0.333 e. The molecule has 3 nitrogen and oxygen atoms in total. The largest absolute Gasteiger partial charge is 0.463 e. The lowest BCUT2D eigenvalue weighted by Crippen LogP contribution is -2.05. The van der Waals surface area contributed by atoms with Gasteiger partial charge in [0.15, 0.2) is 17.4 Å². The van der Waals surface area contributed by atoms with Crippen LogP contribution in [0.2, 0.25) is 0 Å². The van der Waals surface area contributed by atoms with Crippen LogP contribution in [-0.2, 0) is 9.53 Å². The lowest BCUT2D eigenvalue weighted by molar-refractivity contribution is -0.138. The third-order valence-corrected chi connectivity index (χ3v) is 3.18. The standard InChI is InChI=1S/C18H18F2O3/c1-3-22-18(21)12(2)9-13-10-15(19)17(16(20)11-13)23-14-7-5-4-6-8-14/h5,7-11H,3-4,6H2,1-2H3/b12-9+. The molecule has 0 bridgehead atoms. The van der Waals surface area contributed by atoms with Crippen molar-refractivity contribution in [2.45, 2.75) is 26.7 Å². The average Bonchev–Trinajstić information content (AvgIpc) is 2.52. The molecule has 0 N–H and O–H groups in total. The van der Waals surface area contributed by atoms with E-state index in [4.69, 9.17) is 9.47 Å². The summed E-state index contributed by atoms with van der Waals surface area (Å²) in [6.45, 7) is 3.45.